The lowest BCUT2D eigenvalue weighted by atomic mass is 10.2. The van der Waals surface area contributed by atoms with Crippen LogP contribution >= 0.6 is 0 Å². The second kappa shape index (κ2) is 3.82. The standard InChI is InChI=1S/C11H8FN5/c12-10-5-3-4-9(8-10)11-13-14-15-17(11)16-6-1-2-7-16/h1-8H. The molecule has 0 N–H and O–H groups in total. The Morgan fingerprint density at radius 2 is 1.88 bits per heavy atom. The van der Waals surface area contributed by atoms with E-state index in [1.807, 2.05) is 12.1 Å². The summed E-state index contributed by atoms with van der Waals surface area (Å²) in [6.45, 7) is 0. The van der Waals surface area contributed by atoms with E-state index in [-0.39, 0.29) is 5.82 Å². The van der Waals surface area contributed by atoms with E-state index >= 15 is 0 Å². The molecule has 0 aliphatic carbocycles. The lowest BCUT2D eigenvalue weighted by Crippen LogP contribution is -2.10. The van der Waals surface area contributed by atoms with Gasteiger partial charge in [-0.1, -0.05) is 12.1 Å². The minimum atomic E-state index is -0.315. The fourth-order valence-corrected chi connectivity index (χ4v) is 1.59. The van der Waals surface area contributed by atoms with Crippen molar-refractivity contribution in [2.75, 3.05) is 0 Å². The Balaban J connectivity index is 2.14. The van der Waals surface area contributed by atoms with Gasteiger partial charge in [0.05, 0.1) is 0 Å². The van der Waals surface area contributed by atoms with E-state index in [4.69, 9.17) is 0 Å². The van der Waals surface area contributed by atoms with Gasteiger partial charge in [0.15, 0.2) is 0 Å². The highest BCUT2D eigenvalue weighted by molar-refractivity contribution is 5.54. The predicted octanol–water partition coefficient (Wildman–Crippen LogP) is 1.59. The van der Waals surface area contributed by atoms with Gasteiger partial charge in [-0.25, -0.2) is 9.07 Å². The Hall–Kier alpha value is -2.50. The topological polar surface area (TPSA) is 48.5 Å². The summed E-state index contributed by atoms with van der Waals surface area (Å²) >= 11 is 0. The van der Waals surface area contributed by atoms with E-state index in [0.717, 1.165) is 0 Å². The van der Waals surface area contributed by atoms with Crippen LogP contribution in [-0.2, 0) is 0 Å². The molecule has 1 aromatic carbocycles. The first-order chi connectivity index (χ1) is 8.34. The van der Waals surface area contributed by atoms with E-state index in [9.17, 15) is 4.39 Å². The van der Waals surface area contributed by atoms with Gasteiger partial charge >= 0.3 is 0 Å². The quantitative estimate of drug-likeness (QED) is 0.670. The van der Waals surface area contributed by atoms with Crippen LogP contribution in [0.25, 0.3) is 11.4 Å². The number of hydrogen-bond acceptors (Lipinski definition) is 3. The SMILES string of the molecule is Fc1cccc(-c2nnnn2-n2cccc2)c1. The van der Waals surface area contributed by atoms with Crippen molar-refractivity contribution in [1.82, 2.24) is 25.0 Å². The molecular weight excluding hydrogens is 221 g/mol. The maximum Gasteiger partial charge on any atom is 0.205 e. The van der Waals surface area contributed by atoms with Gasteiger partial charge < -0.3 is 0 Å². The summed E-state index contributed by atoms with van der Waals surface area (Å²) in [6.07, 6.45) is 3.61. The van der Waals surface area contributed by atoms with Crippen LogP contribution in [0.15, 0.2) is 48.8 Å². The van der Waals surface area contributed by atoms with Gasteiger partial charge in [-0.3, -0.25) is 0 Å². The summed E-state index contributed by atoms with van der Waals surface area (Å²) in [5.41, 5.74) is 0.628. The third kappa shape index (κ3) is 1.69. The Morgan fingerprint density at radius 1 is 1.06 bits per heavy atom. The zero-order chi connectivity index (χ0) is 11.7. The molecule has 0 atom stereocenters. The number of tetrazole rings is 1. The van der Waals surface area contributed by atoms with Crippen molar-refractivity contribution in [3.05, 3.63) is 54.6 Å². The Morgan fingerprint density at radius 3 is 2.65 bits per heavy atom. The molecule has 3 aromatic rings. The average molecular weight is 229 g/mol. The van der Waals surface area contributed by atoms with Gasteiger partial charge in [-0.2, -0.15) is 0 Å². The van der Waals surface area contributed by atoms with Crippen molar-refractivity contribution in [2.24, 2.45) is 0 Å². The highest BCUT2D eigenvalue weighted by atomic mass is 19.1. The van der Waals surface area contributed by atoms with Gasteiger partial charge in [0, 0.05) is 18.0 Å². The monoisotopic (exact) mass is 229 g/mol. The maximum atomic E-state index is 13.1. The van der Waals surface area contributed by atoms with Gasteiger partial charge in [0.1, 0.15) is 5.82 Å². The predicted molar refractivity (Wildman–Crippen MR) is 58.4 cm³/mol. The van der Waals surface area contributed by atoms with Gasteiger partial charge in [-0.15, -0.1) is 9.89 Å². The third-order valence-corrected chi connectivity index (χ3v) is 2.34. The van der Waals surface area contributed by atoms with E-state index in [1.54, 1.807) is 29.2 Å². The molecule has 84 valence electrons. The van der Waals surface area contributed by atoms with Crippen LogP contribution in [0.1, 0.15) is 0 Å². The molecular formula is C11H8FN5. The van der Waals surface area contributed by atoms with E-state index in [0.29, 0.717) is 11.4 Å². The fourth-order valence-electron chi connectivity index (χ4n) is 1.59. The summed E-state index contributed by atoms with van der Waals surface area (Å²) in [4.78, 5) is 1.49. The zero-order valence-corrected chi connectivity index (χ0v) is 8.73. The lowest BCUT2D eigenvalue weighted by molar-refractivity contribution is 0.558. The van der Waals surface area contributed by atoms with Crippen molar-refractivity contribution < 1.29 is 4.39 Å². The number of nitrogens with zero attached hydrogens (tertiary/aromatic N) is 5. The second-order valence-corrected chi connectivity index (χ2v) is 3.47. The molecule has 2 heterocycles. The first kappa shape index (κ1) is 9.71. The molecule has 6 heteroatoms. The normalized spacial score (nSPS) is 10.6. The Bertz CT molecular complexity index is 629. The highest BCUT2D eigenvalue weighted by Gasteiger charge is 2.10. The first-order valence-electron chi connectivity index (χ1n) is 5.02. The van der Waals surface area contributed by atoms with Crippen LogP contribution in [0.5, 0.6) is 0 Å². The number of rotatable bonds is 2. The molecule has 0 aliphatic rings. The minimum Gasteiger partial charge on any atom is -0.245 e. The van der Waals surface area contributed by atoms with Gasteiger partial charge in [0.2, 0.25) is 5.82 Å². The number of halogens is 1. The van der Waals surface area contributed by atoms with Crippen LogP contribution in [0.2, 0.25) is 0 Å². The van der Waals surface area contributed by atoms with Crippen molar-refractivity contribution in [3.8, 4) is 11.4 Å². The van der Waals surface area contributed by atoms with Gasteiger partial charge in [-0.05, 0) is 34.7 Å². The van der Waals surface area contributed by atoms with E-state index in [2.05, 4.69) is 15.5 Å². The van der Waals surface area contributed by atoms with Gasteiger partial charge in [0.25, 0.3) is 0 Å². The third-order valence-electron chi connectivity index (χ3n) is 2.34. The van der Waals surface area contributed by atoms with Crippen LogP contribution in [0.4, 0.5) is 4.39 Å². The molecule has 3 rings (SSSR count). The molecule has 5 nitrogen and oxygen atoms in total. The summed E-state index contributed by atoms with van der Waals surface area (Å²) in [5, 5.41) is 11.4. The number of aromatic nitrogens is 5. The Labute approximate surface area is 96.1 Å². The molecule has 17 heavy (non-hydrogen) atoms. The van der Waals surface area contributed by atoms with E-state index in [1.165, 1.54) is 16.9 Å². The van der Waals surface area contributed by atoms with Crippen molar-refractivity contribution >= 4 is 0 Å². The molecule has 0 radical (unpaired) electrons. The first-order valence-corrected chi connectivity index (χ1v) is 5.02. The molecule has 2 aromatic heterocycles. The van der Waals surface area contributed by atoms with Crippen LogP contribution in [0.3, 0.4) is 0 Å². The zero-order valence-electron chi connectivity index (χ0n) is 8.73. The molecule has 0 saturated carbocycles. The average Bonchev–Trinajstić information content (AvgIpc) is 3.00. The van der Waals surface area contributed by atoms with Crippen LogP contribution in [0, 0.1) is 5.82 Å². The molecule has 0 fully saturated rings. The second-order valence-electron chi connectivity index (χ2n) is 3.47. The van der Waals surface area contributed by atoms with Crippen LogP contribution in [-0.4, -0.2) is 25.0 Å². The molecule has 0 amide bonds. The summed E-state index contributed by atoms with van der Waals surface area (Å²) < 4.78 is 14.9. The fraction of sp³-hybridized carbons (Fsp3) is 0. The highest BCUT2D eigenvalue weighted by Crippen LogP contribution is 2.16. The van der Waals surface area contributed by atoms with Crippen molar-refractivity contribution in [2.45, 2.75) is 0 Å². The summed E-state index contributed by atoms with van der Waals surface area (Å²) in [5.74, 6) is 0.172. The smallest absolute Gasteiger partial charge is 0.205 e. The molecule has 0 unspecified atom stereocenters. The molecule has 0 spiro atoms. The molecule has 0 bridgehead atoms. The number of benzene rings is 1. The lowest BCUT2D eigenvalue weighted by Gasteiger charge is -2.04. The summed E-state index contributed by atoms with van der Waals surface area (Å²) in [6, 6.07) is 9.88. The van der Waals surface area contributed by atoms with E-state index < -0.39 is 0 Å². The van der Waals surface area contributed by atoms with Crippen molar-refractivity contribution in [3.63, 3.8) is 0 Å². The maximum absolute atomic E-state index is 13.1. The van der Waals surface area contributed by atoms with Crippen molar-refractivity contribution in [1.29, 1.82) is 0 Å². The summed E-state index contributed by atoms with van der Waals surface area (Å²) in [7, 11) is 0. The minimum absolute atomic E-state index is 0.315. The molecule has 0 saturated heterocycles. The van der Waals surface area contributed by atoms with Crippen LogP contribution < -0.4 is 0 Å². The largest absolute Gasteiger partial charge is 0.245 e. The molecule has 0 aliphatic heterocycles. The Kier molecular flexibility index (Phi) is 2.18. The number of hydrogen-bond donors (Lipinski definition) is 0.